The summed E-state index contributed by atoms with van der Waals surface area (Å²) < 4.78 is 19.4. The Bertz CT molecular complexity index is 1600. The summed E-state index contributed by atoms with van der Waals surface area (Å²) in [5.74, 6) is 5.58. The highest BCUT2D eigenvalue weighted by atomic mass is 16.5. The van der Waals surface area contributed by atoms with Gasteiger partial charge in [0, 0.05) is 35.9 Å². The molecular weight excluding hydrogens is 546 g/mol. The highest BCUT2D eigenvalue weighted by Crippen LogP contribution is 2.63. The summed E-state index contributed by atoms with van der Waals surface area (Å²) in [6.07, 6.45) is 6.05. The van der Waals surface area contributed by atoms with E-state index in [0.29, 0.717) is 46.3 Å². The highest BCUT2D eigenvalue weighted by molar-refractivity contribution is 5.61. The second-order valence-corrected chi connectivity index (χ2v) is 12.3. The Morgan fingerprint density at radius 1 is 0.488 bits per heavy atom. The lowest BCUT2D eigenvalue weighted by molar-refractivity contribution is -0.00397. The Balaban J connectivity index is 1.38. The number of aromatic hydroxyl groups is 3. The van der Waals surface area contributed by atoms with Crippen LogP contribution in [0.3, 0.4) is 0 Å². The van der Waals surface area contributed by atoms with E-state index in [2.05, 4.69) is 0 Å². The van der Waals surface area contributed by atoms with Crippen LogP contribution < -0.4 is 31.4 Å². The van der Waals surface area contributed by atoms with E-state index in [-0.39, 0.29) is 40.2 Å². The van der Waals surface area contributed by atoms with E-state index in [1.807, 2.05) is 12.1 Å². The highest BCUT2D eigenvalue weighted by Gasteiger charge is 2.50. The number of phenolic OH excluding ortho intramolecular Hbond substituents is 3. The van der Waals surface area contributed by atoms with Crippen LogP contribution in [-0.4, -0.2) is 15.3 Å². The lowest BCUT2D eigenvalue weighted by Gasteiger charge is -2.54. The molecule has 0 aromatic heterocycles. The van der Waals surface area contributed by atoms with Crippen LogP contribution in [0.4, 0.5) is 17.1 Å². The molecule has 222 valence electrons. The van der Waals surface area contributed by atoms with Crippen molar-refractivity contribution in [2.24, 2.45) is 23.7 Å². The van der Waals surface area contributed by atoms with Gasteiger partial charge >= 0.3 is 0 Å². The van der Waals surface area contributed by atoms with Gasteiger partial charge in [0.05, 0.1) is 17.1 Å². The maximum Gasteiger partial charge on any atom is 0.138 e. The molecule has 4 saturated carbocycles. The molecule has 0 radical (unpaired) electrons. The van der Waals surface area contributed by atoms with Crippen molar-refractivity contribution in [3.63, 3.8) is 0 Å². The monoisotopic (exact) mass is 581 g/mol. The van der Waals surface area contributed by atoms with Gasteiger partial charge < -0.3 is 46.7 Å². The molecule has 9 nitrogen and oxygen atoms in total. The Hall–Kier alpha value is -4.92. The molecule has 0 saturated heterocycles. The van der Waals surface area contributed by atoms with Gasteiger partial charge in [-0.05, 0) is 98.1 Å². The lowest BCUT2D eigenvalue weighted by atomic mass is 9.50. The van der Waals surface area contributed by atoms with Gasteiger partial charge in [-0.1, -0.05) is 0 Å². The van der Waals surface area contributed by atoms with Gasteiger partial charge in [0.2, 0.25) is 0 Å². The van der Waals surface area contributed by atoms with Gasteiger partial charge in [0.15, 0.2) is 0 Å². The Morgan fingerprint density at radius 2 is 0.884 bits per heavy atom. The second-order valence-electron chi connectivity index (χ2n) is 12.3. The number of hydrogen-bond donors (Lipinski definition) is 6. The van der Waals surface area contributed by atoms with Crippen LogP contribution in [0.5, 0.6) is 51.7 Å². The predicted octanol–water partition coefficient (Wildman–Crippen LogP) is 7.47. The molecule has 0 unspecified atom stereocenters. The molecule has 9 heteroatoms. The van der Waals surface area contributed by atoms with Crippen molar-refractivity contribution in [2.75, 3.05) is 17.2 Å². The maximum atomic E-state index is 10.0. The summed E-state index contributed by atoms with van der Waals surface area (Å²) in [7, 11) is 0. The molecule has 0 amide bonds. The average Bonchev–Trinajstić information content (AvgIpc) is 2.95. The first-order chi connectivity index (χ1) is 20.7. The number of benzene rings is 4. The second kappa shape index (κ2) is 10.4. The number of anilines is 3. The van der Waals surface area contributed by atoms with Gasteiger partial charge in [-0.2, -0.15) is 0 Å². The standard InChI is InChI=1S/C34H35N3O6/c35-25-12-21(1-4-28(25)38)41-24-15-31(42-22-2-5-29(39)26(36)13-22)34(32(16-24)43-23-3-6-30(40)27(37)14-23)33-19-8-17-7-18(10-19)11-20(33)9-17/h1-6,12-20,33,38-40H,7-11,35-37H2. The van der Waals surface area contributed by atoms with E-state index in [9.17, 15) is 15.3 Å². The van der Waals surface area contributed by atoms with Crippen LogP contribution in [0.25, 0.3) is 0 Å². The summed E-state index contributed by atoms with van der Waals surface area (Å²) in [5.41, 5.74) is 19.5. The molecule has 4 fully saturated rings. The quantitative estimate of drug-likeness (QED) is 0.0958. The first kappa shape index (κ1) is 26.9. The maximum absolute atomic E-state index is 10.0. The van der Waals surface area contributed by atoms with E-state index in [1.165, 1.54) is 50.3 Å². The minimum atomic E-state index is -0.0348. The molecule has 9 N–H and O–H groups in total. The van der Waals surface area contributed by atoms with Crippen molar-refractivity contribution in [2.45, 2.75) is 38.0 Å². The normalized spacial score (nSPS) is 23.7. The zero-order valence-corrected chi connectivity index (χ0v) is 23.6. The molecule has 43 heavy (non-hydrogen) atoms. The number of rotatable bonds is 7. The van der Waals surface area contributed by atoms with Crippen LogP contribution in [-0.2, 0) is 0 Å². The van der Waals surface area contributed by atoms with Crippen LogP contribution in [0.15, 0.2) is 66.7 Å². The lowest BCUT2D eigenvalue weighted by Crippen LogP contribution is -2.43. The van der Waals surface area contributed by atoms with E-state index in [4.69, 9.17) is 31.4 Å². The predicted molar refractivity (Wildman–Crippen MR) is 164 cm³/mol. The van der Waals surface area contributed by atoms with Gasteiger partial charge in [-0.25, -0.2) is 0 Å². The molecule has 0 aliphatic heterocycles. The first-order valence-electron chi connectivity index (χ1n) is 14.7. The largest absolute Gasteiger partial charge is 0.506 e. The van der Waals surface area contributed by atoms with Crippen molar-refractivity contribution in [3.05, 3.63) is 72.3 Å². The third-order valence-electron chi connectivity index (χ3n) is 9.33. The van der Waals surface area contributed by atoms with E-state index >= 15 is 0 Å². The molecule has 4 aromatic carbocycles. The fourth-order valence-electron chi connectivity index (χ4n) is 7.71. The van der Waals surface area contributed by atoms with Crippen molar-refractivity contribution >= 4 is 17.1 Å². The zero-order valence-electron chi connectivity index (χ0n) is 23.6. The van der Waals surface area contributed by atoms with Crippen LogP contribution in [0.1, 0.15) is 43.6 Å². The smallest absolute Gasteiger partial charge is 0.138 e. The van der Waals surface area contributed by atoms with Crippen molar-refractivity contribution in [3.8, 4) is 51.7 Å². The molecule has 0 heterocycles. The van der Waals surface area contributed by atoms with Crippen molar-refractivity contribution in [1.82, 2.24) is 0 Å². The molecule has 4 aliphatic carbocycles. The van der Waals surface area contributed by atoms with Gasteiger partial charge in [0.1, 0.15) is 51.7 Å². The molecule has 4 aliphatic rings. The molecule has 0 spiro atoms. The Morgan fingerprint density at radius 3 is 1.28 bits per heavy atom. The van der Waals surface area contributed by atoms with E-state index < -0.39 is 0 Å². The number of ether oxygens (including phenoxy) is 3. The minimum Gasteiger partial charge on any atom is -0.506 e. The average molecular weight is 582 g/mol. The van der Waals surface area contributed by atoms with Crippen LogP contribution >= 0.6 is 0 Å². The first-order valence-corrected chi connectivity index (χ1v) is 14.7. The van der Waals surface area contributed by atoms with Gasteiger partial charge in [-0.15, -0.1) is 0 Å². The fourth-order valence-corrected chi connectivity index (χ4v) is 7.71. The van der Waals surface area contributed by atoms with E-state index in [0.717, 1.165) is 17.4 Å². The summed E-state index contributed by atoms with van der Waals surface area (Å²) in [6, 6.07) is 17.8. The van der Waals surface area contributed by atoms with E-state index in [1.54, 1.807) is 36.4 Å². The summed E-state index contributed by atoms with van der Waals surface area (Å²) in [5, 5.41) is 30.0. The summed E-state index contributed by atoms with van der Waals surface area (Å²) >= 11 is 0. The van der Waals surface area contributed by atoms with Gasteiger partial charge in [-0.3, -0.25) is 0 Å². The fraction of sp³-hybridized carbons (Fsp3) is 0.294. The summed E-state index contributed by atoms with van der Waals surface area (Å²) in [6.45, 7) is 0. The van der Waals surface area contributed by atoms with Crippen molar-refractivity contribution in [1.29, 1.82) is 0 Å². The molecular formula is C34H35N3O6. The van der Waals surface area contributed by atoms with Crippen molar-refractivity contribution < 1.29 is 29.5 Å². The van der Waals surface area contributed by atoms with Crippen LogP contribution in [0, 0.1) is 23.7 Å². The van der Waals surface area contributed by atoms with Crippen LogP contribution in [0.2, 0.25) is 0 Å². The minimum absolute atomic E-state index is 0.0236. The number of hydrogen-bond acceptors (Lipinski definition) is 9. The Kier molecular flexibility index (Phi) is 6.53. The number of phenols is 3. The number of nitrogen functional groups attached to an aromatic ring is 3. The molecule has 4 bridgehead atoms. The molecule has 8 rings (SSSR count). The number of nitrogens with two attached hydrogens (primary N) is 3. The van der Waals surface area contributed by atoms with Gasteiger partial charge in [0.25, 0.3) is 0 Å². The summed E-state index contributed by atoms with van der Waals surface area (Å²) in [4.78, 5) is 0. The Labute approximate surface area is 249 Å². The third-order valence-corrected chi connectivity index (χ3v) is 9.33. The SMILES string of the molecule is Nc1cc(Oc2cc(Oc3ccc(O)c(N)c3)c(C3C4CC5CC(C4)CC3C5)c(Oc3ccc(O)c(N)c3)c2)ccc1O. The molecule has 0 atom stereocenters. The topological polar surface area (TPSA) is 166 Å². The third kappa shape index (κ3) is 5.16. The molecule has 4 aromatic rings. The zero-order chi connectivity index (χ0) is 29.8.